The molecular weight excluding hydrogens is 88.1 g/mol. The maximum Gasteiger partial charge on any atom is 0.116 e. The molecule has 1 aromatic heterocycles. The van der Waals surface area contributed by atoms with E-state index in [-0.39, 0.29) is 0 Å². The van der Waals surface area contributed by atoms with Crippen molar-refractivity contribution >= 4 is 0 Å². The van der Waals surface area contributed by atoms with Crippen LogP contribution in [0.2, 0.25) is 0 Å². The molecule has 2 nitrogen and oxygen atoms in total. The maximum absolute atomic E-state index is 3.62. The molecule has 0 aliphatic rings. The molecule has 1 aromatic rings. The molecule has 1 rings (SSSR count). The van der Waals surface area contributed by atoms with E-state index < -0.39 is 0 Å². The van der Waals surface area contributed by atoms with Gasteiger partial charge in [-0.1, -0.05) is 0 Å². The first-order chi connectivity index (χ1) is 3.39. The predicted molar refractivity (Wildman–Crippen MR) is 24.4 cm³/mol. The second-order valence-electron chi connectivity index (χ2n) is 1.22. The zero-order valence-electron chi connectivity index (χ0n) is 3.97. The predicted octanol–water partition coefficient (Wildman–Crippen LogP) is 0.385. The third-order valence-electron chi connectivity index (χ3n) is 0.580. The summed E-state index contributed by atoms with van der Waals surface area (Å²) in [6.45, 7) is 1.85. The molecule has 0 aliphatic heterocycles. The molecule has 0 saturated heterocycles. The summed E-state index contributed by atoms with van der Waals surface area (Å²) in [4.78, 5) is 7.23. The summed E-state index contributed by atoms with van der Waals surface area (Å²) in [6.07, 6.45) is 6.74. The Morgan fingerprint density at radius 1 is 1.43 bits per heavy atom. The summed E-state index contributed by atoms with van der Waals surface area (Å²) in [5.74, 6) is 0. The van der Waals surface area contributed by atoms with E-state index in [0.717, 1.165) is 5.56 Å². The van der Waals surface area contributed by atoms with Crippen molar-refractivity contribution < 1.29 is 0 Å². The van der Waals surface area contributed by atoms with Gasteiger partial charge in [0.25, 0.3) is 0 Å². The highest BCUT2D eigenvalue weighted by atomic mass is 14.8. The number of nitrogens with zero attached hydrogens (tertiary/aromatic N) is 2. The van der Waals surface area contributed by atoms with Gasteiger partial charge in [-0.3, -0.25) is 0 Å². The molecule has 0 saturated carbocycles. The van der Waals surface area contributed by atoms with Crippen LogP contribution < -0.4 is 0 Å². The lowest BCUT2D eigenvalue weighted by Crippen LogP contribution is -1.77. The maximum atomic E-state index is 3.62. The van der Waals surface area contributed by atoms with Crippen LogP contribution >= 0.6 is 0 Å². The molecule has 2 radical (unpaired) electrons. The molecule has 2 heteroatoms. The first-order valence-corrected chi connectivity index (χ1v) is 1.96. The van der Waals surface area contributed by atoms with Gasteiger partial charge in [0.1, 0.15) is 6.33 Å². The molecule has 0 N–H and O–H groups in total. The molecule has 0 unspecified atom stereocenters. The zero-order chi connectivity index (χ0) is 5.11. The minimum atomic E-state index is 0.850. The molecule has 1 heterocycles. The Morgan fingerprint density at radius 3 is 2.29 bits per heavy atom. The van der Waals surface area contributed by atoms with Gasteiger partial charge in [-0.25, -0.2) is 9.97 Å². The van der Waals surface area contributed by atoms with E-state index in [0.29, 0.717) is 0 Å². The van der Waals surface area contributed by atoms with Gasteiger partial charge >= 0.3 is 0 Å². The summed E-state index contributed by atoms with van der Waals surface area (Å²) < 4.78 is 0. The van der Waals surface area contributed by atoms with E-state index >= 15 is 0 Å². The minimum absolute atomic E-state index is 0.850. The van der Waals surface area contributed by atoms with Gasteiger partial charge in [0, 0.05) is 5.56 Å². The van der Waals surface area contributed by atoms with Crippen LogP contribution in [0.15, 0.2) is 6.33 Å². The Morgan fingerprint density at radius 2 is 2.00 bits per heavy atom. The topological polar surface area (TPSA) is 25.8 Å². The van der Waals surface area contributed by atoms with E-state index in [1.165, 1.54) is 6.33 Å². The van der Waals surface area contributed by atoms with Crippen molar-refractivity contribution in [2.24, 2.45) is 0 Å². The number of rotatable bonds is 0. The second kappa shape index (κ2) is 1.69. The molecule has 0 fully saturated rings. The van der Waals surface area contributed by atoms with Crippen LogP contribution in [0.25, 0.3) is 0 Å². The van der Waals surface area contributed by atoms with Crippen LogP contribution in [0.5, 0.6) is 0 Å². The number of hydrogen-bond donors (Lipinski definition) is 0. The monoisotopic (exact) mass is 92.0 g/mol. The van der Waals surface area contributed by atoms with Crippen molar-refractivity contribution in [2.75, 3.05) is 0 Å². The lowest BCUT2D eigenvalue weighted by molar-refractivity contribution is 1.11. The van der Waals surface area contributed by atoms with Gasteiger partial charge in [-0.2, -0.15) is 0 Å². The first-order valence-electron chi connectivity index (χ1n) is 1.96. The van der Waals surface area contributed by atoms with E-state index in [4.69, 9.17) is 0 Å². The standard InChI is InChI=1S/C5H4N2/c1-5-2-6-4-7-3-5/h4H,1H3. The van der Waals surface area contributed by atoms with E-state index in [1.54, 1.807) is 0 Å². The first kappa shape index (κ1) is 4.24. The highest BCUT2D eigenvalue weighted by Crippen LogP contribution is 1.81. The average molecular weight is 92.1 g/mol. The Balaban J connectivity index is 3.02. The Labute approximate surface area is 42.2 Å². The van der Waals surface area contributed by atoms with Gasteiger partial charge in [0.2, 0.25) is 0 Å². The number of hydrogen-bond acceptors (Lipinski definition) is 2. The summed E-state index contributed by atoms with van der Waals surface area (Å²) in [6, 6.07) is 0. The fraction of sp³-hybridized carbons (Fsp3) is 0.200. The van der Waals surface area contributed by atoms with Crippen LogP contribution in [0.1, 0.15) is 5.56 Å². The quantitative estimate of drug-likeness (QED) is 0.462. The molecule has 0 spiro atoms. The fourth-order valence-electron chi connectivity index (χ4n) is 0.305. The molecule has 0 aromatic carbocycles. The SMILES string of the molecule is Cc1[c]ncn[c]1. The highest BCUT2D eigenvalue weighted by molar-refractivity contribution is 4.93. The van der Waals surface area contributed by atoms with Crippen LogP contribution in [-0.4, -0.2) is 9.97 Å². The van der Waals surface area contributed by atoms with Crippen molar-refractivity contribution in [1.29, 1.82) is 0 Å². The van der Waals surface area contributed by atoms with Gasteiger partial charge in [-0.05, 0) is 6.92 Å². The van der Waals surface area contributed by atoms with E-state index in [9.17, 15) is 0 Å². The molecule has 0 amide bonds. The van der Waals surface area contributed by atoms with Crippen molar-refractivity contribution in [3.8, 4) is 0 Å². The minimum Gasteiger partial charge on any atom is -0.234 e. The molecule has 0 atom stereocenters. The van der Waals surface area contributed by atoms with Crippen LogP contribution in [0.4, 0.5) is 0 Å². The smallest absolute Gasteiger partial charge is 0.116 e. The van der Waals surface area contributed by atoms with Crippen molar-refractivity contribution in [3.63, 3.8) is 0 Å². The Bertz CT molecular complexity index is 136. The third kappa shape index (κ3) is 0.961. The van der Waals surface area contributed by atoms with Gasteiger partial charge in [0.15, 0.2) is 0 Å². The Hall–Kier alpha value is -0.920. The molecular formula is C5H4N2. The third-order valence-corrected chi connectivity index (χ3v) is 0.580. The van der Waals surface area contributed by atoms with Gasteiger partial charge in [-0.15, -0.1) is 0 Å². The highest BCUT2D eigenvalue weighted by Gasteiger charge is 1.77. The van der Waals surface area contributed by atoms with Crippen LogP contribution in [-0.2, 0) is 0 Å². The second-order valence-corrected chi connectivity index (χ2v) is 1.22. The normalized spacial score (nSPS) is 8.71. The van der Waals surface area contributed by atoms with Crippen molar-refractivity contribution in [2.45, 2.75) is 6.92 Å². The Kier molecular flexibility index (Phi) is 1.02. The van der Waals surface area contributed by atoms with Gasteiger partial charge < -0.3 is 0 Å². The summed E-state index contributed by atoms with van der Waals surface area (Å²) in [5.41, 5.74) is 0.850. The van der Waals surface area contributed by atoms with Crippen LogP contribution in [0, 0.1) is 19.3 Å². The average Bonchev–Trinajstić information content (AvgIpc) is 1.69. The lowest BCUT2D eigenvalue weighted by Gasteiger charge is -1.78. The fourth-order valence-corrected chi connectivity index (χ4v) is 0.305. The molecule has 0 aliphatic carbocycles. The number of aryl methyl sites for hydroxylation is 1. The molecule has 34 valence electrons. The lowest BCUT2D eigenvalue weighted by atomic mass is 10.4. The van der Waals surface area contributed by atoms with E-state index in [2.05, 4.69) is 22.4 Å². The molecule has 0 bridgehead atoms. The van der Waals surface area contributed by atoms with Crippen molar-refractivity contribution in [3.05, 3.63) is 24.3 Å². The van der Waals surface area contributed by atoms with Gasteiger partial charge in [0.05, 0.1) is 12.4 Å². The summed E-state index contributed by atoms with van der Waals surface area (Å²) in [7, 11) is 0. The summed E-state index contributed by atoms with van der Waals surface area (Å²) in [5, 5.41) is 0. The zero-order valence-corrected chi connectivity index (χ0v) is 3.97. The largest absolute Gasteiger partial charge is 0.234 e. The molecule has 7 heavy (non-hydrogen) atoms. The van der Waals surface area contributed by atoms with Crippen LogP contribution in [0.3, 0.4) is 0 Å². The van der Waals surface area contributed by atoms with E-state index in [1.807, 2.05) is 6.92 Å². The van der Waals surface area contributed by atoms with Crippen molar-refractivity contribution in [1.82, 2.24) is 9.97 Å². The number of aromatic nitrogens is 2. The summed E-state index contributed by atoms with van der Waals surface area (Å²) >= 11 is 0.